The Morgan fingerprint density at radius 3 is 2.13 bits per heavy atom. The highest BCUT2D eigenvalue weighted by molar-refractivity contribution is 7.80. The third kappa shape index (κ3) is 5.43. The Bertz CT molecular complexity index is 671. The molecule has 5 nitrogen and oxygen atoms in total. The first-order valence-electron chi connectivity index (χ1n) is 6.71. The number of nitrogen functional groups attached to an aromatic ring is 1. The van der Waals surface area contributed by atoms with Gasteiger partial charge in [0.1, 0.15) is 0 Å². The SMILES string of the molecule is CN(C)c1ccc(C(=O)NC(=S)Nc2ccc(N)cc2)cc1.Cl. The van der Waals surface area contributed by atoms with E-state index in [0.717, 1.165) is 11.4 Å². The van der Waals surface area contributed by atoms with E-state index in [1.807, 2.05) is 31.1 Å². The number of nitrogens with one attached hydrogen (secondary N) is 2. The van der Waals surface area contributed by atoms with E-state index in [-0.39, 0.29) is 23.4 Å². The standard InChI is InChI=1S/C16H18N4OS.ClH/c1-20(2)14-9-3-11(4-10-14)15(21)19-16(22)18-13-7-5-12(17)6-8-13;/h3-10H,17H2,1-2H3,(H2,18,19,21,22);1H. The summed E-state index contributed by atoms with van der Waals surface area (Å²) < 4.78 is 0. The number of carbonyl (C=O) groups is 1. The molecule has 0 saturated carbocycles. The zero-order valence-electron chi connectivity index (χ0n) is 12.9. The molecule has 2 rings (SSSR count). The molecule has 0 atom stereocenters. The Hall–Kier alpha value is -2.31. The lowest BCUT2D eigenvalue weighted by molar-refractivity contribution is 0.0978. The zero-order valence-corrected chi connectivity index (χ0v) is 14.5. The van der Waals surface area contributed by atoms with E-state index in [1.54, 1.807) is 36.4 Å². The maximum absolute atomic E-state index is 12.1. The molecule has 122 valence electrons. The summed E-state index contributed by atoms with van der Waals surface area (Å²) in [5.74, 6) is -0.252. The fraction of sp³-hybridized carbons (Fsp3) is 0.125. The van der Waals surface area contributed by atoms with Crippen molar-refractivity contribution in [3.8, 4) is 0 Å². The molecule has 1 amide bonds. The topological polar surface area (TPSA) is 70.4 Å². The number of nitrogens with zero attached hydrogens (tertiary/aromatic N) is 1. The highest BCUT2D eigenvalue weighted by Crippen LogP contribution is 2.13. The molecule has 2 aromatic carbocycles. The maximum Gasteiger partial charge on any atom is 0.257 e. The van der Waals surface area contributed by atoms with Gasteiger partial charge in [-0.25, -0.2) is 0 Å². The number of carbonyl (C=O) groups excluding carboxylic acids is 1. The fourth-order valence-electron chi connectivity index (χ4n) is 1.82. The Balaban J connectivity index is 0.00000264. The summed E-state index contributed by atoms with van der Waals surface area (Å²) in [6.45, 7) is 0. The quantitative estimate of drug-likeness (QED) is 0.586. The highest BCUT2D eigenvalue weighted by Gasteiger charge is 2.08. The van der Waals surface area contributed by atoms with Crippen molar-refractivity contribution in [3.05, 3.63) is 54.1 Å². The van der Waals surface area contributed by atoms with Crippen LogP contribution < -0.4 is 21.3 Å². The first-order chi connectivity index (χ1) is 10.5. The third-order valence-electron chi connectivity index (χ3n) is 3.04. The number of nitrogens with two attached hydrogens (primary N) is 1. The van der Waals surface area contributed by atoms with Crippen LogP contribution in [0.3, 0.4) is 0 Å². The lowest BCUT2D eigenvalue weighted by Crippen LogP contribution is -2.34. The van der Waals surface area contributed by atoms with Crippen LogP contribution in [-0.4, -0.2) is 25.1 Å². The third-order valence-corrected chi connectivity index (χ3v) is 3.25. The first-order valence-corrected chi connectivity index (χ1v) is 7.12. The molecule has 0 aliphatic rings. The molecule has 0 aliphatic heterocycles. The van der Waals surface area contributed by atoms with Gasteiger partial charge in [0.05, 0.1) is 0 Å². The van der Waals surface area contributed by atoms with E-state index in [4.69, 9.17) is 18.0 Å². The fourth-order valence-corrected chi connectivity index (χ4v) is 2.03. The number of amides is 1. The lowest BCUT2D eigenvalue weighted by Gasteiger charge is -2.13. The van der Waals surface area contributed by atoms with Crippen LogP contribution >= 0.6 is 24.6 Å². The van der Waals surface area contributed by atoms with E-state index in [0.29, 0.717) is 11.3 Å². The molecule has 4 N–H and O–H groups in total. The van der Waals surface area contributed by atoms with E-state index in [9.17, 15) is 4.79 Å². The predicted molar refractivity (Wildman–Crippen MR) is 103 cm³/mol. The largest absolute Gasteiger partial charge is 0.399 e. The summed E-state index contributed by atoms with van der Waals surface area (Å²) in [5, 5.41) is 5.82. The second-order valence-corrected chi connectivity index (χ2v) is 5.38. The van der Waals surface area contributed by atoms with Crippen LogP contribution in [0.5, 0.6) is 0 Å². The van der Waals surface area contributed by atoms with Crippen LogP contribution in [0.2, 0.25) is 0 Å². The Kier molecular flexibility index (Phi) is 6.81. The van der Waals surface area contributed by atoms with Gasteiger partial charge in [0.2, 0.25) is 0 Å². The molecule has 2 aromatic rings. The normalized spacial score (nSPS) is 9.48. The summed E-state index contributed by atoms with van der Waals surface area (Å²) in [7, 11) is 3.89. The summed E-state index contributed by atoms with van der Waals surface area (Å²) in [6.07, 6.45) is 0. The van der Waals surface area contributed by atoms with Gasteiger partial charge < -0.3 is 16.0 Å². The molecule has 0 radical (unpaired) electrons. The van der Waals surface area contributed by atoms with Gasteiger partial charge >= 0.3 is 0 Å². The molecule has 0 unspecified atom stereocenters. The van der Waals surface area contributed by atoms with Gasteiger partial charge in [0, 0.05) is 36.7 Å². The molecule has 7 heteroatoms. The van der Waals surface area contributed by atoms with Crippen molar-refractivity contribution in [3.63, 3.8) is 0 Å². The van der Waals surface area contributed by atoms with Crippen molar-refractivity contribution in [2.45, 2.75) is 0 Å². The molecule has 0 aliphatic carbocycles. The number of benzene rings is 2. The second-order valence-electron chi connectivity index (χ2n) is 4.97. The van der Waals surface area contributed by atoms with Crippen molar-refractivity contribution in [2.24, 2.45) is 0 Å². The predicted octanol–water partition coefficient (Wildman–Crippen LogP) is 2.88. The Morgan fingerprint density at radius 2 is 1.61 bits per heavy atom. The smallest absolute Gasteiger partial charge is 0.257 e. The van der Waals surface area contributed by atoms with Crippen LogP contribution in [0.15, 0.2) is 48.5 Å². The van der Waals surface area contributed by atoms with Crippen LogP contribution in [-0.2, 0) is 0 Å². The first kappa shape index (κ1) is 18.7. The van der Waals surface area contributed by atoms with E-state index >= 15 is 0 Å². The van der Waals surface area contributed by atoms with Crippen molar-refractivity contribution in [1.82, 2.24) is 5.32 Å². The Labute approximate surface area is 147 Å². The van der Waals surface area contributed by atoms with E-state index < -0.39 is 0 Å². The number of anilines is 3. The molecule has 0 aromatic heterocycles. The number of thiocarbonyl (C=S) groups is 1. The van der Waals surface area contributed by atoms with E-state index in [1.165, 1.54) is 0 Å². The van der Waals surface area contributed by atoms with Crippen LogP contribution in [0.1, 0.15) is 10.4 Å². The van der Waals surface area contributed by atoms with Gasteiger partial charge in [0.15, 0.2) is 5.11 Å². The van der Waals surface area contributed by atoms with Gasteiger partial charge in [-0.3, -0.25) is 10.1 Å². The summed E-state index contributed by atoms with van der Waals surface area (Å²) >= 11 is 5.13. The lowest BCUT2D eigenvalue weighted by atomic mass is 10.2. The minimum absolute atomic E-state index is 0. The average Bonchev–Trinajstić information content (AvgIpc) is 2.49. The van der Waals surface area contributed by atoms with Gasteiger partial charge in [-0.1, -0.05) is 0 Å². The van der Waals surface area contributed by atoms with Gasteiger partial charge in [-0.15, -0.1) is 12.4 Å². The van der Waals surface area contributed by atoms with Gasteiger partial charge in [-0.2, -0.15) is 0 Å². The van der Waals surface area contributed by atoms with Crippen molar-refractivity contribution in [1.29, 1.82) is 0 Å². The van der Waals surface area contributed by atoms with Crippen LogP contribution in [0.25, 0.3) is 0 Å². The summed E-state index contributed by atoms with van der Waals surface area (Å²) in [6, 6.07) is 14.4. The highest BCUT2D eigenvalue weighted by atomic mass is 35.5. The summed E-state index contributed by atoms with van der Waals surface area (Å²) in [5.41, 5.74) is 8.62. The van der Waals surface area contributed by atoms with Crippen molar-refractivity contribution < 1.29 is 4.79 Å². The van der Waals surface area contributed by atoms with Gasteiger partial charge in [0.25, 0.3) is 5.91 Å². The minimum atomic E-state index is -0.252. The Morgan fingerprint density at radius 1 is 1.04 bits per heavy atom. The molecular formula is C16H19ClN4OS. The van der Waals surface area contributed by atoms with Crippen molar-refractivity contribution >= 4 is 52.7 Å². The number of halogens is 1. The number of rotatable bonds is 3. The number of hydrogen-bond donors (Lipinski definition) is 3. The average molecular weight is 351 g/mol. The molecule has 0 spiro atoms. The zero-order chi connectivity index (χ0) is 16.1. The van der Waals surface area contributed by atoms with Crippen LogP contribution in [0, 0.1) is 0 Å². The van der Waals surface area contributed by atoms with E-state index in [2.05, 4.69) is 10.6 Å². The van der Waals surface area contributed by atoms with Crippen LogP contribution in [0.4, 0.5) is 17.1 Å². The number of hydrogen-bond acceptors (Lipinski definition) is 4. The van der Waals surface area contributed by atoms with Crippen molar-refractivity contribution in [2.75, 3.05) is 30.0 Å². The van der Waals surface area contributed by atoms with Gasteiger partial charge in [-0.05, 0) is 60.7 Å². The molecule has 23 heavy (non-hydrogen) atoms. The molecule has 0 saturated heterocycles. The maximum atomic E-state index is 12.1. The summed E-state index contributed by atoms with van der Waals surface area (Å²) in [4.78, 5) is 14.1. The monoisotopic (exact) mass is 350 g/mol. The minimum Gasteiger partial charge on any atom is -0.399 e. The molecule has 0 fully saturated rings. The molecular weight excluding hydrogens is 332 g/mol. The molecule has 0 heterocycles. The molecule has 0 bridgehead atoms. The second kappa shape index (κ2) is 8.36.